The molecule has 2 rings (SSSR count). The Bertz CT molecular complexity index is 392. The topological polar surface area (TPSA) is 21.3 Å². The van der Waals surface area contributed by atoms with E-state index in [2.05, 4.69) is 5.32 Å². The number of ether oxygens (including phenoxy) is 1. The first-order chi connectivity index (χ1) is 8.18. The predicted octanol–water partition coefficient (Wildman–Crippen LogP) is 2.37. The Morgan fingerprint density at radius 1 is 1.12 bits per heavy atom. The van der Waals surface area contributed by atoms with E-state index >= 15 is 0 Å². The maximum Gasteiger partial charge on any atom is 0.167 e. The van der Waals surface area contributed by atoms with Crippen LogP contribution < -0.4 is 5.32 Å². The minimum atomic E-state index is -1.15. The van der Waals surface area contributed by atoms with Gasteiger partial charge in [0.2, 0.25) is 0 Å². The molecule has 0 bridgehead atoms. The van der Waals surface area contributed by atoms with E-state index in [0.29, 0.717) is 0 Å². The van der Waals surface area contributed by atoms with Crippen molar-refractivity contribution in [1.82, 2.24) is 5.32 Å². The molecule has 94 valence electrons. The molecule has 1 aliphatic rings. The van der Waals surface area contributed by atoms with Crippen LogP contribution >= 0.6 is 0 Å². The van der Waals surface area contributed by atoms with Crippen LogP contribution in [0.3, 0.4) is 0 Å². The van der Waals surface area contributed by atoms with Crippen molar-refractivity contribution in [3.8, 4) is 0 Å². The highest BCUT2D eigenvalue weighted by Crippen LogP contribution is 2.18. The summed E-state index contributed by atoms with van der Waals surface area (Å²) in [5, 5.41) is 3.16. The van der Waals surface area contributed by atoms with E-state index < -0.39 is 17.5 Å². The molecule has 0 aliphatic carbocycles. The lowest BCUT2D eigenvalue weighted by Gasteiger charge is -2.23. The van der Waals surface area contributed by atoms with Crippen molar-refractivity contribution in [2.75, 3.05) is 13.1 Å². The first-order valence-corrected chi connectivity index (χ1v) is 5.63. The van der Waals surface area contributed by atoms with Gasteiger partial charge >= 0.3 is 0 Å². The molecule has 0 spiro atoms. The molecular formula is C12H14F3NO. The number of halogens is 3. The predicted molar refractivity (Wildman–Crippen MR) is 57.0 cm³/mol. The lowest BCUT2D eigenvalue weighted by atomic mass is 10.1. The van der Waals surface area contributed by atoms with Crippen LogP contribution in [0.15, 0.2) is 12.1 Å². The van der Waals surface area contributed by atoms with Crippen LogP contribution in [-0.2, 0) is 11.3 Å². The minimum Gasteiger partial charge on any atom is -0.373 e. The standard InChI is InChI=1S/C12H14F3NO/c13-10-1-2-11(14)12(15)9(10)7-17-8-3-5-16-6-4-8/h1-2,8,16H,3-7H2. The number of piperidine rings is 1. The third-order valence-corrected chi connectivity index (χ3v) is 2.89. The average Bonchev–Trinajstić information content (AvgIpc) is 2.35. The summed E-state index contributed by atoms with van der Waals surface area (Å²) < 4.78 is 44.9. The van der Waals surface area contributed by atoms with Gasteiger partial charge in [0.25, 0.3) is 0 Å². The molecule has 1 aromatic carbocycles. The number of hydrogen-bond acceptors (Lipinski definition) is 2. The molecule has 1 saturated heterocycles. The normalized spacial score (nSPS) is 17.4. The van der Waals surface area contributed by atoms with E-state index in [9.17, 15) is 13.2 Å². The fourth-order valence-corrected chi connectivity index (χ4v) is 1.86. The van der Waals surface area contributed by atoms with Crippen molar-refractivity contribution >= 4 is 0 Å². The van der Waals surface area contributed by atoms with Gasteiger partial charge in [-0.1, -0.05) is 0 Å². The van der Waals surface area contributed by atoms with E-state index in [-0.39, 0.29) is 18.3 Å². The highest BCUT2D eigenvalue weighted by Gasteiger charge is 2.18. The van der Waals surface area contributed by atoms with Gasteiger partial charge in [-0.15, -0.1) is 0 Å². The molecule has 0 saturated carbocycles. The number of rotatable bonds is 3. The van der Waals surface area contributed by atoms with Crippen molar-refractivity contribution in [2.24, 2.45) is 0 Å². The molecule has 1 heterocycles. The Hall–Kier alpha value is -1.07. The Labute approximate surface area is 97.8 Å². The van der Waals surface area contributed by atoms with Crippen LogP contribution in [0.4, 0.5) is 13.2 Å². The molecule has 2 nitrogen and oxygen atoms in total. The molecule has 0 aromatic heterocycles. The van der Waals surface area contributed by atoms with Crippen molar-refractivity contribution < 1.29 is 17.9 Å². The summed E-state index contributed by atoms with van der Waals surface area (Å²) >= 11 is 0. The minimum absolute atomic E-state index is 0.0154. The van der Waals surface area contributed by atoms with Gasteiger partial charge in [-0.3, -0.25) is 0 Å². The van der Waals surface area contributed by atoms with Gasteiger partial charge in [0.15, 0.2) is 11.6 Å². The molecule has 1 fully saturated rings. The lowest BCUT2D eigenvalue weighted by molar-refractivity contribution is 0.0182. The second-order valence-electron chi connectivity index (χ2n) is 4.08. The average molecular weight is 245 g/mol. The van der Waals surface area contributed by atoms with Crippen molar-refractivity contribution in [1.29, 1.82) is 0 Å². The summed E-state index contributed by atoms with van der Waals surface area (Å²) in [6, 6.07) is 1.69. The van der Waals surface area contributed by atoms with E-state index in [1.54, 1.807) is 0 Å². The van der Waals surface area contributed by atoms with Crippen LogP contribution in [0.25, 0.3) is 0 Å². The third-order valence-electron chi connectivity index (χ3n) is 2.89. The Kier molecular flexibility index (Phi) is 4.02. The fourth-order valence-electron chi connectivity index (χ4n) is 1.86. The Morgan fingerprint density at radius 2 is 1.76 bits per heavy atom. The molecule has 1 N–H and O–H groups in total. The second-order valence-corrected chi connectivity index (χ2v) is 4.08. The smallest absolute Gasteiger partial charge is 0.167 e. The zero-order chi connectivity index (χ0) is 12.3. The summed E-state index contributed by atoms with van der Waals surface area (Å²) in [7, 11) is 0. The van der Waals surface area contributed by atoms with Gasteiger partial charge in [-0.05, 0) is 38.1 Å². The largest absolute Gasteiger partial charge is 0.373 e. The van der Waals surface area contributed by atoms with Gasteiger partial charge in [-0.2, -0.15) is 0 Å². The Morgan fingerprint density at radius 3 is 2.47 bits per heavy atom. The highest BCUT2D eigenvalue weighted by molar-refractivity contribution is 5.20. The summed E-state index contributed by atoms with van der Waals surface area (Å²) in [5.74, 6) is -2.97. The highest BCUT2D eigenvalue weighted by atomic mass is 19.2. The third kappa shape index (κ3) is 2.98. The summed E-state index contributed by atoms with van der Waals surface area (Å²) in [5.41, 5.74) is -0.330. The van der Waals surface area contributed by atoms with Crippen LogP contribution in [0.2, 0.25) is 0 Å². The van der Waals surface area contributed by atoms with E-state index in [1.165, 1.54) is 0 Å². The monoisotopic (exact) mass is 245 g/mol. The summed E-state index contributed by atoms with van der Waals surface area (Å²) in [6.07, 6.45) is 1.59. The maximum atomic E-state index is 13.3. The van der Waals surface area contributed by atoms with Crippen LogP contribution in [-0.4, -0.2) is 19.2 Å². The van der Waals surface area contributed by atoms with Gasteiger partial charge in [-0.25, -0.2) is 13.2 Å². The van der Waals surface area contributed by atoms with Crippen molar-refractivity contribution in [2.45, 2.75) is 25.6 Å². The fraction of sp³-hybridized carbons (Fsp3) is 0.500. The van der Waals surface area contributed by atoms with Gasteiger partial charge < -0.3 is 10.1 Å². The lowest BCUT2D eigenvalue weighted by Crippen LogP contribution is -2.32. The summed E-state index contributed by atoms with van der Waals surface area (Å²) in [4.78, 5) is 0. The number of nitrogens with one attached hydrogen (secondary N) is 1. The number of hydrogen-bond donors (Lipinski definition) is 1. The van der Waals surface area contributed by atoms with Crippen LogP contribution in [0, 0.1) is 17.5 Å². The quantitative estimate of drug-likeness (QED) is 0.825. The van der Waals surface area contributed by atoms with E-state index in [0.717, 1.165) is 38.1 Å². The maximum absolute atomic E-state index is 13.3. The molecule has 5 heteroatoms. The van der Waals surface area contributed by atoms with E-state index in [4.69, 9.17) is 4.74 Å². The zero-order valence-electron chi connectivity index (χ0n) is 9.31. The zero-order valence-corrected chi connectivity index (χ0v) is 9.31. The molecule has 0 radical (unpaired) electrons. The molecule has 0 atom stereocenters. The first-order valence-electron chi connectivity index (χ1n) is 5.63. The molecule has 1 aliphatic heterocycles. The molecule has 0 unspecified atom stereocenters. The molecule has 1 aromatic rings. The Balaban J connectivity index is 2.00. The number of benzene rings is 1. The molecule has 17 heavy (non-hydrogen) atoms. The second kappa shape index (κ2) is 5.51. The first kappa shape index (κ1) is 12.4. The molecule has 0 amide bonds. The van der Waals surface area contributed by atoms with Crippen LogP contribution in [0.1, 0.15) is 18.4 Å². The van der Waals surface area contributed by atoms with Gasteiger partial charge in [0.05, 0.1) is 18.3 Å². The van der Waals surface area contributed by atoms with Crippen molar-refractivity contribution in [3.63, 3.8) is 0 Å². The van der Waals surface area contributed by atoms with Gasteiger partial charge in [0.1, 0.15) is 5.82 Å². The van der Waals surface area contributed by atoms with Crippen molar-refractivity contribution in [3.05, 3.63) is 35.1 Å². The van der Waals surface area contributed by atoms with E-state index in [1.807, 2.05) is 0 Å². The molecular weight excluding hydrogens is 231 g/mol. The van der Waals surface area contributed by atoms with Gasteiger partial charge in [0, 0.05) is 0 Å². The van der Waals surface area contributed by atoms with Crippen LogP contribution in [0.5, 0.6) is 0 Å². The summed E-state index contributed by atoms with van der Waals surface area (Å²) in [6.45, 7) is 1.44. The SMILES string of the molecule is Fc1ccc(F)c(COC2CCNCC2)c1F.